The average Bonchev–Trinajstić information content (AvgIpc) is 2.92. The highest BCUT2D eigenvalue weighted by atomic mass is 15.1. The first-order chi connectivity index (χ1) is 16.8. The summed E-state index contributed by atoms with van der Waals surface area (Å²) in [7, 11) is 0. The molecule has 0 heterocycles. The molecule has 0 aliphatic carbocycles. The Kier molecular flexibility index (Phi) is 6.54. The number of rotatable bonds is 7. The summed E-state index contributed by atoms with van der Waals surface area (Å²) in [5, 5.41) is 0. The molecule has 0 N–H and O–H groups in total. The number of hydrogen-bond acceptors (Lipinski definition) is 1. The van der Waals surface area contributed by atoms with Crippen LogP contribution in [-0.2, 0) is 6.42 Å². The molecule has 0 spiro atoms. The summed E-state index contributed by atoms with van der Waals surface area (Å²) in [6.45, 7) is 2.24. The molecule has 5 aromatic carbocycles. The van der Waals surface area contributed by atoms with Crippen molar-refractivity contribution in [2.75, 3.05) is 4.90 Å². The minimum atomic E-state index is 1.05. The molecule has 0 aliphatic rings. The predicted octanol–water partition coefficient (Wildman–Crippen LogP) is 9.44. The highest BCUT2D eigenvalue weighted by Gasteiger charge is 2.16. The van der Waals surface area contributed by atoms with Gasteiger partial charge < -0.3 is 4.90 Å². The third-order valence-corrected chi connectivity index (χ3v) is 6.22. The van der Waals surface area contributed by atoms with Gasteiger partial charge in [-0.1, -0.05) is 116 Å². The molecule has 0 radical (unpaired) electrons. The smallest absolute Gasteiger partial charge is 0.0493 e. The summed E-state index contributed by atoms with van der Waals surface area (Å²) in [4.78, 5) is 2.38. The van der Waals surface area contributed by atoms with Gasteiger partial charge in [-0.15, -0.1) is 0 Å². The van der Waals surface area contributed by atoms with E-state index in [1.807, 2.05) is 0 Å². The Morgan fingerprint density at radius 1 is 0.441 bits per heavy atom. The fourth-order valence-corrected chi connectivity index (χ4v) is 4.50. The van der Waals surface area contributed by atoms with Crippen LogP contribution in [0.5, 0.6) is 0 Å². The summed E-state index contributed by atoms with van der Waals surface area (Å²) >= 11 is 0. The zero-order valence-electron chi connectivity index (χ0n) is 19.6. The van der Waals surface area contributed by atoms with Crippen molar-refractivity contribution in [3.63, 3.8) is 0 Å². The van der Waals surface area contributed by atoms with Crippen LogP contribution in [0.3, 0.4) is 0 Å². The van der Waals surface area contributed by atoms with Crippen molar-refractivity contribution >= 4 is 17.1 Å². The van der Waals surface area contributed by atoms with Gasteiger partial charge in [-0.2, -0.15) is 0 Å². The zero-order chi connectivity index (χ0) is 23.2. The Bertz CT molecular complexity index is 1240. The SMILES string of the molecule is CCCc1ccccc1N(c1ccc(-c2ccccc2)cc1)c1ccc(-c2ccccc2)cc1. The van der Waals surface area contributed by atoms with E-state index in [-0.39, 0.29) is 0 Å². The lowest BCUT2D eigenvalue weighted by atomic mass is 10.0. The third-order valence-electron chi connectivity index (χ3n) is 6.22. The van der Waals surface area contributed by atoms with Crippen molar-refractivity contribution in [2.45, 2.75) is 19.8 Å². The van der Waals surface area contributed by atoms with Crippen molar-refractivity contribution in [2.24, 2.45) is 0 Å². The minimum absolute atomic E-state index is 1.05. The molecule has 0 atom stereocenters. The van der Waals surface area contributed by atoms with E-state index in [4.69, 9.17) is 0 Å². The molecule has 0 saturated carbocycles. The van der Waals surface area contributed by atoms with Crippen LogP contribution in [0, 0.1) is 0 Å². The van der Waals surface area contributed by atoms with Crippen molar-refractivity contribution in [1.29, 1.82) is 0 Å². The monoisotopic (exact) mass is 439 g/mol. The van der Waals surface area contributed by atoms with Gasteiger partial charge in [0.25, 0.3) is 0 Å². The average molecular weight is 440 g/mol. The molecule has 5 aromatic rings. The van der Waals surface area contributed by atoms with E-state index in [1.54, 1.807) is 0 Å². The number of aryl methyl sites for hydroxylation is 1. The second-order valence-corrected chi connectivity index (χ2v) is 8.54. The molecular formula is C33H29N. The largest absolute Gasteiger partial charge is 0.310 e. The van der Waals surface area contributed by atoms with Gasteiger partial charge in [-0.25, -0.2) is 0 Å². The van der Waals surface area contributed by atoms with Gasteiger partial charge in [0.2, 0.25) is 0 Å². The van der Waals surface area contributed by atoms with E-state index in [1.165, 1.54) is 33.5 Å². The lowest BCUT2D eigenvalue weighted by Gasteiger charge is -2.28. The van der Waals surface area contributed by atoms with Crippen molar-refractivity contribution < 1.29 is 0 Å². The maximum Gasteiger partial charge on any atom is 0.0493 e. The summed E-state index contributed by atoms with van der Waals surface area (Å²) in [6, 6.07) is 47.7. The molecule has 0 aromatic heterocycles. The number of anilines is 3. The zero-order valence-corrected chi connectivity index (χ0v) is 19.6. The van der Waals surface area contributed by atoms with E-state index < -0.39 is 0 Å². The van der Waals surface area contributed by atoms with Gasteiger partial charge >= 0.3 is 0 Å². The number of hydrogen-bond donors (Lipinski definition) is 0. The van der Waals surface area contributed by atoms with Crippen LogP contribution < -0.4 is 4.90 Å². The first-order valence-corrected chi connectivity index (χ1v) is 12.0. The fourth-order valence-electron chi connectivity index (χ4n) is 4.50. The van der Waals surface area contributed by atoms with Gasteiger partial charge in [0.1, 0.15) is 0 Å². The van der Waals surface area contributed by atoms with E-state index in [2.05, 4.69) is 145 Å². The fraction of sp³-hybridized carbons (Fsp3) is 0.0909. The van der Waals surface area contributed by atoms with Crippen LogP contribution in [0.4, 0.5) is 17.1 Å². The normalized spacial score (nSPS) is 10.7. The van der Waals surface area contributed by atoms with Crippen LogP contribution in [0.2, 0.25) is 0 Å². The van der Waals surface area contributed by atoms with Crippen LogP contribution in [-0.4, -0.2) is 0 Å². The predicted molar refractivity (Wildman–Crippen MR) is 146 cm³/mol. The van der Waals surface area contributed by atoms with Gasteiger partial charge in [0.15, 0.2) is 0 Å². The van der Waals surface area contributed by atoms with Crippen molar-refractivity contribution in [1.82, 2.24) is 0 Å². The van der Waals surface area contributed by atoms with Gasteiger partial charge in [-0.05, 0) is 64.6 Å². The van der Waals surface area contributed by atoms with Gasteiger partial charge in [0, 0.05) is 17.1 Å². The molecule has 0 bridgehead atoms. The molecule has 166 valence electrons. The Morgan fingerprint density at radius 3 is 1.32 bits per heavy atom. The molecular weight excluding hydrogens is 410 g/mol. The summed E-state index contributed by atoms with van der Waals surface area (Å²) < 4.78 is 0. The molecule has 5 rings (SSSR count). The maximum atomic E-state index is 2.38. The second kappa shape index (κ2) is 10.2. The molecule has 0 saturated heterocycles. The summed E-state index contributed by atoms with van der Waals surface area (Å²) in [6.07, 6.45) is 2.17. The number of nitrogens with zero attached hydrogens (tertiary/aromatic N) is 1. The highest BCUT2D eigenvalue weighted by Crippen LogP contribution is 2.38. The van der Waals surface area contributed by atoms with E-state index in [0.29, 0.717) is 0 Å². The van der Waals surface area contributed by atoms with Crippen LogP contribution >= 0.6 is 0 Å². The molecule has 1 heteroatoms. The highest BCUT2D eigenvalue weighted by molar-refractivity contribution is 5.81. The standard InChI is InChI=1S/C33H29N/c1-2-11-30-16-9-10-17-33(30)34(31-22-18-28(19-23-31)26-12-5-3-6-13-26)32-24-20-29(21-25-32)27-14-7-4-8-15-27/h3-10,12-25H,2,11H2,1H3. The van der Waals surface area contributed by atoms with Gasteiger partial charge in [-0.3, -0.25) is 0 Å². The Morgan fingerprint density at radius 2 is 0.853 bits per heavy atom. The molecule has 1 nitrogen and oxygen atoms in total. The lowest BCUT2D eigenvalue weighted by molar-refractivity contribution is 0.919. The first-order valence-electron chi connectivity index (χ1n) is 12.0. The van der Waals surface area contributed by atoms with E-state index in [9.17, 15) is 0 Å². The number of para-hydroxylation sites is 1. The molecule has 0 aliphatic heterocycles. The summed E-state index contributed by atoms with van der Waals surface area (Å²) in [5.41, 5.74) is 9.86. The van der Waals surface area contributed by atoms with E-state index >= 15 is 0 Å². The molecule has 34 heavy (non-hydrogen) atoms. The van der Waals surface area contributed by atoms with Crippen molar-refractivity contribution in [3.8, 4) is 22.3 Å². The van der Waals surface area contributed by atoms with Crippen LogP contribution in [0.15, 0.2) is 133 Å². The third kappa shape index (κ3) is 4.65. The lowest BCUT2D eigenvalue weighted by Crippen LogP contribution is -2.12. The Hall–Kier alpha value is -4.10. The quantitative estimate of drug-likeness (QED) is 0.244. The molecule has 0 fully saturated rings. The maximum absolute atomic E-state index is 2.38. The van der Waals surface area contributed by atoms with Crippen LogP contribution in [0.25, 0.3) is 22.3 Å². The van der Waals surface area contributed by atoms with Crippen molar-refractivity contribution in [3.05, 3.63) is 139 Å². The van der Waals surface area contributed by atoms with E-state index in [0.717, 1.165) is 24.2 Å². The Labute approximate surface area is 203 Å². The summed E-state index contributed by atoms with van der Waals surface area (Å²) in [5.74, 6) is 0. The first kappa shape index (κ1) is 21.7. The minimum Gasteiger partial charge on any atom is -0.310 e. The second-order valence-electron chi connectivity index (χ2n) is 8.54. The van der Waals surface area contributed by atoms with Crippen LogP contribution in [0.1, 0.15) is 18.9 Å². The number of benzene rings is 5. The Balaban J connectivity index is 1.57. The topological polar surface area (TPSA) is 3.24 Å². The molecule has 0 unspecified atom stereocenters. The van der Waals surface area contributed by atoms with Gasteiger partial charge in [0.05, 0.1) is 0 Å². The molecule has 0 amide bonds.